The summed E-state index contributed by atoms with van der Waals surface area (Å²) in [5.74, 6) is -0.691. The first-order valence-corrected chi connectivity index (χ1v) is 15.0. The minimum Gasteiger partial charge on any atom is -0.463 e. The number of hydrogen-bond donors (Lipinski definition) is 0. The van der Waals surface area contributed by atoms with Gasteiger partial charge in [0.15, 0.2) is 18.2 Å². The van der Waals surface area contributed by atoms with Crippen LogP contribution in [-0.2, 0) is 25.5 Å². The van der Waals surface area contributed by atoms with Crippen LogP contribution in [0.15, 0.2) is 30.6 Å². The van der Waals surface area contributed by atoms with Crippen LogP contribution in [0, 0.1) is 0 Å². The number of aryl methyl sites for hydroxylation is 1. The number of carbonyl (C=O) groups is 1. The SMILES string of the molecule is CCCCCCCCCCCCCCCCCC1(C)OCC(COC(=O)CCC[n+]2ccccc2)O1. The lowest BCUT2D eigenvalue weighted by molar-refractivity contribution is -0.697. The zero-order valence-corrected chi connectivity index (χ0v) is 23.4. The number of pyridine rings is 1. The lowest BCUT2D eigenvalue weighted by atomic mass is 10.0. The lowest BCUT2D eigenvalue weighted by Crippen LogP contribution is -2.32. The Bertz CT molecular complexity index is 668. The molecule has 0 spiro atoms. The fourth-order valence-electron chi connectivity index (χ4n) is 4.97. The van der Waals surface area contributed by atoms with Crippen LogP contribution < -0.4 is 4.57 Å². The van der Waals surface area contributed by atoms with Crippen LogP contribution in [0.5, 0.6) is 0 Å². The predicted octanol–water partition coefficient (Wildman–Crippen LogP) is 7.69. The van der Waals surface area contributed by atoms with Crippen molar-refractivity contribution in [2.24, 2.45) is 0 Å². The van der Waals surface area contributed by atoms with E-state index in [2.05, 4.69) is 11.5 Å². The molecule has 0 aliphatic carbocycles. The summed E-state index contributed by atoms with van der Waals surface area (Å²) in [7, 11) is 0. The Morgan fingerprint density at radius 3 is 1.97 bits per heavy atom. The molecule has 36 heavy (non-hydrogen) atoms. The van der Waals surface area contributed by atoms with Gasteiger partial charge < -0.3 is 14.2 Å². The first-order chi connectivity index (χ1) is 17.6. The van der Waals surface area contributed by atoms with E-state index >= 15 is 0 Å². The number of aromatic nitrogens is 1. The molecule has 0 amide bonds. The highest BCUT2D eigenvalue weighted by atomic mass is 16.7. The van der Waals surface area contributed by atoms with Crippen molar-refractivity contribution in [3.8, 4) is 0 Å². The Morgan fingerprint density at radius 2 is 1.39 bits per heavy atom. The topological polar surface area (TPSA) is 48.6 Å². The molecular formula is C31H54NO4+. The van der Waals surface area contributed by atoms with Gasteiger partial charge in [-0.3, -0.25) is 4.79 Å². The maximum Gasteiger partial charge on any atom is 0.306 e. The van der Waals surface area contributed by atoms with Crippen LogP contribution in [-0.4, -0.2) is 31.1 Å². The van der Waals surface area contributed by atoms with E-state index in [9.17, 15) is 4.79 Å². The summed E-state index contributed by atoms with van der Waals surface area (Å²) in [6.07, 6.45) is 26.5. The summed E-state index contributed by atoms with van der Waals surface area (Å²) < 4.78 is 19.5. The summed E-state index contributed by atoms with van der Waals surface area (Å²) in [6.45, 7) is 5.91. The van der Waals surface area contributed by atoms with Crippen molar-refractivity contribution in [1.29, 1.82) is 0 Å². The van der Waals surface area contributed by atoms with Crippen molar-refractivity contribution >= 4 is 5.97 Å². The predicted molar refractivity (Wildman–Crippen MR) is 146 cm³/mol. The van der Waals surface area contributed by atoms with E-state index in [0.717, 1.165) is 25.8 Å². The van der Waals surface area contributed by atoms with E-state index in [1.165, 1.54) is 89.9 Å². The standard InChI is InChI=1S/C31H54NO4/c1-3-4-5-6-7-8-9-10-11-12-13-14-15-16-18-23-31(2)35-28-29(36-31)27-34-30(33)22-21-26-32-24-19-17-20-25-32/h17,19-20,24-25,29H,3-16,18,21-23,26-28H2,1-2H3/q+1. The number of unbranched alkanes of at least 4 members (excludes halogenated alkanes) is 14. The third-order valence-corrected chi connectivity index (χ3v) is 7.23. The lowest BCUT2D eigenvalue weighted by Gasteiger charge is -2.23. The molecule has 1 aromatic rings. The van der Waals surface area contributed by atoms with Crippen LogP contribution >= 0.6 is 0 Å². The van der Waals surface area contributed by atoms with Crippen molar-refractivity contribution in [3.63, 3.8) is 0 Å². The van der Waals surface area contributed by atoms with Gasteiger partial charge in [-0.15, -0.1) is 0 Å². The van der Waals surface area contributed by atoms with Gasteiger partial charge in [-0.05, 0) is 13.3 Å². The van der Waals surface area contributed by atoms with Crippen molar-refractivity contribution in [1.82, 2.24) is 0 Å². The second kappa shape index (κ2) is 19.6. The van der Waals surface area contributed by atoms with Gasteiger partial charge in [0.2, 0.25) is 0 Å². The largest absolute Gasteiger partial charge is 0.463 e. The molecule has 2 rings (SSSR count). The highest BCUT2D eigenvalue weighted by Crippen LogP contribution is 2.29. The number of nitrogens with zero attached hydrogens (tertiary/aromatic N) is 1. The number of esters is 1. The van der Waals surface area contributed by atoms with Crippen LogP contribution in [0.25, 0.3) is 0 Å². The number of rotatable bonds is 22. The fraction of sp³-hybridized carbons (Fsp3) is 0.806. The van der Waals surface area contributed by atoms with Crippen molar-refractivity contribution < 1.29 is 23.6 Å². The van der Waals surface area contributed by atoms with E-state index in [0.29, 0.717) is 13.0 Å². The van der Waals surface area contributed by atoms with Crippen molar-refractivity contribution in [2.45, 2.75) is 148 Å². The molecule has 2 heterocycles. The summed E-state index contributed by atoms with van der Waals surface area (Å²) >= 11 is 0. The minimum atomic E-state index is -0.530. The second-order valence-electron chi connectivity index (χ2n) is 10.8. The molecule has 1 saturated heterocycles. The Balaban J connectivity index is 1.38. The van der Waals surface area contributed by atoms with Gasteiger partial charge in [0.25, 0.3) is 0 Å². The number of carbonyl (C=O) groups excluding carboxylic acids is 1. The molecule has 5 heteroatoms. The Morgan fingerprint density at radius 1 is 0.833 bits per heavy atom. The normalized spacial score (nSPS) is 19.6. The van der Waals surface area contributed by atoms with Crippen LogP contribution in [0.1, 0.15) is 129 Å². The second-order valence-corrected chi connectivity index (χ2v) is 10.8. The molecule has 2 unspecified atom stereocenters. The summed E-state index contributed by atoms with van der Waals surface area (Å²) in [6, 6.07) is 5.97. The Labute approximate surface area is 221 Å². The van der Waals surface area contributed by atoms with Crippen LogP contribution in [0.2, 0.25) is 0 Å². The smallest absolute Gasteiger partial charge is 0.306 e. The van der Waals surface area contributed by atoms with E-state index in [1.807, 2.05) is 37.5 Å². The van der Waals surface area contributed by atoms with Gasteiger partial charge >= 0.3 is 5.97 Å². The minimum absolute atomic E-state index is 0.154. The molecule has 206 valence electrons. The average molecular weight is 505 g/mol. The molecule has 0 bridgehead atoms. The fourth-order valence-corrected chi connectivity index (χ4v) is 4.97. The van der Waals surface area contributed by atoms with Gasteiger partial charge in [0, 0.05) is 25.0 Å². The maximum atomic E-state index is 12.1. The zero-order valence-electron chi connectivity index (χ0n) is 23.4. The first-order valence-electron chi connectivity index (χ1n) is 15.0. The van der Waals surface area contributed by atoms with E-state index < -0.39 is 5.79 Å². The average Bonchev–Trinajstić information content (AvgIpc) is 3.26. The highest BCUT2D eigenvalue weighted by molar-refractivity contribution is 5.69. The van der Waals surface area contributed by atoms with E-state index in [-0.39, 0.29) is 18.7 Å². The van der Waals surface area contributed by atoms with Gasteiger partial charge in [-0.25, -0.2) is 4.57 Å². The molecular weight excluding hydrogens is 450 g/mol. The summed E-state index contributed by atoms with van der Waals surface area (Å²) in [4.78, 5) is 12.1. The van der Waals surface area contributed by atoms with E-state index in [4.69, 9.17) is 14.2 Å². The number of hydrogen-bond acceptors (Lipinski definition) is 4. The third kappa shape index (κ3) is 14.9. The summed E-state index contributed by atoms with van der Waals surface area (Å²) in [5.41, 5.74) is 0. The number of ether oxygens (including phenoxy) is 3. The van der Waals surface area contributed by atoms with Crippen molar-refractivity contribution in [3.05, 3.63) is 30.6 Å². The van der Waals surface area contributed by atoms with Gasteiger partial charge in [-0.1, -0.05) is 103 Å². The Hall–Kier alpha value is -1.46. The molecule has 0 saturated carbocycles. The van der Waals surface area contributed by atoms with E-state index in [1.54, 1.807) is 0 Å². The quantitative estimate of drug-likeness (QED) is 0.0922. The zero-order chi connectivity index (χ0) is 25.7. The maximum absolute atomic E-state index is 12.1. The first kappa shape index (κ1) is 30.8. The molecule has 0 aromatic carbocycles. The monoisotopic (exact) mass is 504 g/mol. The van der Waals surface area contributed by atoms with Gasteiger partial charge in [-0.2, -0.15) is 0 Å². The molecule has 1 aliphatic rings. The van der Waals surface area contributed by atoms with Crippen molar-refractivity contribution in [2.75, 3.05) is 13.2 Å². The van der Waals surface area contributed by atoms with Crippen LogP contribution in [0.4, 0.5) is 0 Å². The molecule has 5 nitrogen and oxygen atoms in total. The summed E-state index contributed by atoms with van der Waals surface area (Å²) in [5, 5.41) is 0. The molecule has 0 radical (unpaired) electrons. The molecule has 0 N–H and O–H groups in total. The Kier molecular flexibility index (Phi) is 16.8. The van der Waals surface area contributed by atoms with Crippen LogP contribution in [0.3, 0.4) is 0 Å². The molecule has 1 aliphatic heterocycles. The molecule has 2 atom stereocenters. The third-order valence-electron chi connectivity index (χ3n) is 7.23. The van der Waals surface area contributed by atoms with Gasteiger partial charge in [0.05, 0.1) is 13.0 Å². The molecule has 1 fully saturated rings. The molecule has 1 aromatic heterocycles. The highest BCUT2D eigenvalue weighted by Gasteiger charge is 2.37. The van der Waals surface area contributed by atoms with Gasteiger partial charge in [0.1, 0.15) is 19.3 Å².